The van der Waals surface area contributed by atoms with Crippen molar-refractivity contribution in [3.8, 4) is 5.69 Å². The first-order valence-corrected chi connectivity index (χ1v) is 9.60. The molecule has 3 aromatic rings. The molecule has 0 unspecified atom stereocenters. The number of carbonyl (C=O) groups is 1. The van der Waals surface area contributed by atoms with Gasteiger partial charge in [-0.3, -0.25) is 9.69 Å². The predicted octanol–water partition coefficient (Wildman–Crippen LogP) is 4.60. The van der Waals surface area contributed by atoms with Crippen molar-refractivity contribution in [3.63, 3.8) is 0 Å². The number of nitrogens with zero attached hydrogens (tertiary/aromatic N) is 4. The molecule has 1 heterocycles. The predicted molar refractivity (Wildman–Crippen MR) is 112 cm³/mol. The fraction of sp³-hybridized carbons (Fsp3) is 0.250. The van der Waals surface area contributed by atoms with Crippen LogP contribution in [0.2, 0.25) is 10.0 Å². The van der Waals surface area contributed by atoms with E-state index in [-0.39, 0.29) is 11.9 Å². The monoisotopic (exact) mass is 417 g/mol. The third-order valence-corrected chi connectivity index (χ3v) is 5.27. The molecule has 3 rings (SSSR count). The molecule has 0 radical (unpaired) electrons. The molecule has 6 nitrogen and oxygen atoms in total. The molecule has 0 aliphatic rings. The van der Waals surface area contributed by atoms with Gasteiger partial charge >= 0.3 is 0 Å². The summed E-state index contributed by atoms with van der Waals surface area (Å²) >= 11 is 12.2. The minimum absolute atomic E-state index is 0.129. The SMILES string of the molecule is C[C@@H](c1ccc(-n2cncn2)cc1)N(C)CCC(=O)Nc1c(Cl)cccc1Cl. The van der Waals surface area contributed by atoms with E-state index in [4.69, 9.17) is 23.2 Å². The van der Waals surface area contributed by atoms with E-state index in [0.29, 0.717) is 28.7 Å². The van der Waals surface area contributed by atoms with Crippen LogP contribution in [-0.4, -0.2) is 39.2 Å². The average Bonchev–Trinajstić information content (AvgIpc) is 3.23. The Balaban J connectivity index is 1.55. The van der Waals surface area contributed by atoms with Crippen LogP contribution in [0.15, 0.2) is 55.1 Å². The van der Waals surface area contributed by atoms with Gasteiger partial charge in [-0.05, 0) is 43.8 Å². The maximum atomic E-state index is 12.3. The molecule has 1 N–H and O–H groups in total. The van der Waals surface area contributed by atoms with E-state index in [9.17, 15) is 4.79 Å². The summed E-state index contributed by atoms with van der Waals surface area (Å²) in [7, 11) is 1.99. The van der Waals surface area contributed by atoms with Gasteiger partial charge in [0.25, 0.3) is 0 Å². The Kier molecular flexibility index (Phi) is 6.67. The molecular formula is C20H21Cl2N5O. The highest BCUT2D eigenvalue weighted by Crippen LogP contribution is 2.30. The fourth-order valence-electron chi connectivity index (χ4n) is 2.79. The quantitative estimate of drug-likeness (QED) is 0.610. The Bertz CT molecular complexity index is 908. The first-order valence-electron chi connectivity index (χ1n) is 8.85. The molecule has 1 amide bonds. The second kappa shape index (κ2) is 9.19. The molecule has 0 fully saturated rings. The van der Waals surface area contributed by atoms with Gasteiger partial charge in [-0.15, -0.1) is 0 Å². The lowest BCUT2D eigenvalue weighted by Gasteiger charge is -2.25. The standard InChI is InChI=1S/C20H21Cl2N5O/c1-14(15-6-8-16(9-7-15)27-13-23-12-24-27)26(2)11-10-19(28)25-20-17(21)4-3-5-18(20)22/h3-9,12-14H,10-11H2,1-2H3,(H,25,28)/t14-/m0/s1. The van der Waals surface area contributed by atoms with Crippen molar-refractivity contribution in [1.29, 1.82) is 0 Å². The van der Waals surface area contributed by atoms with Gasteiger partial charge in [-0.2, -0.15) is 5.10 Å². The number of anilines is 1. The molecule has 0 aliphatic heterocycles. The third-order valence-electron chi connectivity index (χ3n) is 4.64. The summed E-state index contributed by atoms with van der Waals surface area (Å²) in [6, 6.07) is 13.4. The van der Waals surface area contributed by atoms with Gasteiger partial charge in [0, 0.05) is 19.0 Å². The van der Waals surface area contributed by atoms with Crippen LogP contribution in [0.1, 0.15) is 24.9 Å². The molecule has 8 heteroatoms. The van der Waals surface area contributed by atoms with Crippen LogP contribution in [-0.2, 0) is 4.79 Å². The number of amides is 1. The molecule has 28 heavy (non-hydrogen) atoms. The van der Waals surface area contributed by atoms with Gasteiger partial charge in [0.2, 0.25) is 5.91 Å². The zero-order valence-electron chi connectivity index (χ0n) is 15.6. The Morgan fingerprint density at radius 1 is 1.18 bits per heavy atom. The van der Waals surface area contributed by atoms with Crippen molar-refractivity contribution in [3.05, 3.63) is 70.7 Å². The minimum atomic E-state index is -0.129. The topological polar surface area (TPSA) is 63.1 Å². The van der Waals surface area contributed by atoms with Gasteiger partial charge < -0.3 is 5.32 Å². The fourth-order valence-corrected chi connectivity index (χ4v) is 3.28. The maximum absolute atomic E-state index is 12.3. The molecule has 1 aromatic heterocycles. The van der Waals surface area contributed by atoms with E-state index in [1.807, 2.05) is 19.2 Å². The maximum Gasteiger partial charge on any atom is 0.225 e. The molecule has 146 valence electrons. The van der Waals surface area contributed by atoms with Crippen molar-refractivity contribution in [2.75, 3.05) is 18.9 Å². The largest absolute Gasteiger partial charge is 0.324 e. The third kappa shape index (κ3) is 4.90. The molecule has 0 saturated carbocycles. The van der Waals surface area contributed by atoms with Crippen LogP contribution in [0.5, 0.6) is 0 Å². The molecule has 0 saturated heterocycles. The van der Waals surface area contributed by atoms with E-state index >= 15 is 0 Å². The number of halogens is 2. The summed E-state index contributed by atoms with van der Waals surface area (Å²) in [5, 5.41) is 7.77. The smallest absolute Gasteiger partial charge is 0.225 e. The lowest BCUT2D eigenvalue weighted by Crippen LogP contribution is -2.27. The molecule has 1 atom stereocenters. The Hall–Kier alpha value is -2.41. The highest BCUT2D eigenvalue weighted by atomic mass is 35.5. The normalized spacial score (nSPS) is 12.2. The van der Waals surface area contributed by atoms with E-state index < -0.39 is 0 Å². The van der Waals surface area contributed by atoms with Gasteiger partial charge in [-0.25, -0.2) is 9.67 Å². The zero-order valence-corrected chi connectivity index (χ0v) is 17.2. The lowest BCUT2D eigenvalue weighted by molar-refractivity contribution is -0.116. The second-order valence-electron chi connectivity index (χ2n) is 6.48. The van der Waals surface area contributed by atoms with Gasteiger partial charge in [0.15, 0.2) is 0 Å². The summed E-state index contributed by atoms with van der Waals surface area (Å²) in [6.45, 7) is 2.70. The number of aromatic nitrogens is 3. The molecule has 0 bridgehead atoms. The number of benzene rings is 2. The number of hydrogen-bond donors (Lipinski definition) is 1. The number of para-hydroxylation sites is 1. The summed E-state index contributed by atoms with van der Waals surface area (Å²) in [4.78, 5) is 18.4. The highest BCUT2D eigenvalue weighted by Gasteiger charge is 2.15. The number of hydrogen-bond acceptors (Lipinski definition) is 4. The minimum Gasteiger partial charge on any atom is -0.324 e. The Morgan fingerprint density at radius 3 is 2.46 bits per heavy atom. The summed E-state index contributed by atoms with van der Waals surface area (Å²) in [5.74, 6) is -0.129. The van der Waals surface area contributed by atoms with Gasteiger partial charge in [0.1, 0.15) is 12.7 Å². The average molecular weight is 418 g/mol. The van der Waals surface area contributed by atoms with Gasteiger partial charge in [-0.1, -0.05) is 41.4 Å². The second-order valence-corrected chi connectivity index (χ2v) is 7.30. The molecule has 0 aliphatic carbocycles. The van der Waals surface area contributed by atoms with Crippen molar-refractivity contribution in [2.45, 2.75) is 19.4 Å². The van der Waals surface area contributed by atoms with E-state index in [1.165, 1.54) is 6.33 Å². The number of nitrogens with one attached hydrogen (secondary N) is 1. The highest BCUT2D eigenvalue weighted by molar-refractivity contribution is 6.39. The van der Waals surface area contributed by atoms with Crippen LogP contribution in [0.25, 0.3) is 5.69 Å². The molecule has 0 spiro atoms. The molecular weight excluding hydrogens is 397 g/mol. The van der Waals surface area contributed by atoms with Crippen LogP contribution in [0.3, 0.4) is 0 Å². The summed E-state index contributed by atoms with van der Waals surface area (Å²) in [5.41, 5.74) is 2.56. The van der Waals surface area contributed by atoms with Crippen LogP contribution in [0, 0.1) is 0 Å². The number of rotatable bonds is 7. The van der Waals surface area contributed by atoms with Crippen LogP contribution < -0.4 is 5.32 Å². The van der Waals surface area contributed by atoms with E-state index in [1.54, 1.807) is 29.2 Å². The van der Waals surface area contributed by atoms with Crippen LogP contribution >= 0.6 is 23.2 Å². The van der Waals surface area contributed by atoms with Crippen molar-refractivity contribution in [2.24, 2.45) is 0 Å². The lowest BCUT2D eigenvalue weighted by atomic mass is 10.1. The summed E-state index contributed by atoms with van der Waals surface area (Å²) < 4.78 is 1.71. The van der Waals surface area contributed by atoms with Crippen molar-refractivity contribution in [1.82, 2.24) is 19.7 Å². The van der Waals surface area contributed by atoms with Crippen molar-refractivity contribution >= 4 is 34.8 Å². The molecule has 2 aromatic carbocycles. The van der Waals surface area contributed by atoms with Gasteiger partial charge in [0.05, 0.1) is 21.4 Å². The number of carbonyl (C=O) groups excluding carboxylic acids is 1. The summed E-state index contributed by atoms with van der Waals surface area (Å²) in [6.07, 6.45) is 3.50. The van der Waals surface area contributed by atoms with E-state index in [2.05, 4.69) is 39.4 Å². The Morgan fingerprint density at radius 2 is 1.86 bits per heavy atom. The zero-order chi connectivity index (χ0) is 20.1. The van der Waals surface area contributed by atoms with Crippen molar-refractivity contribution < 1.29 is 4.79 Å². The Labute approximate surface area is 174 Å². The van der Waals surface area contributed by atoms with Crippen LogP contribution in [0.4, 0.5) is 5.69 Å². The van der Waals surface area contributed by atoms with E-state index in [0.717, 1.165) is 11.3 Å². The first kappa shape index (κ1) is 20.3. The first-order chi connectivity index (χ1) is 13.5.